The second-order valence-corrected chi connectivity index (χ2v) is 7.93. The molecule has 2 amide bonds. The first kappa shape index (κ1) is 18.7. The lowest BCUT2D eigenvalue weighted by molar-refractivity contribution is -0.137. The Kier molecular flexibility index (Phi) is 5.42. The highest BCUT2D eigenvalue weighted by atomic mass is 16.2. The Morgan fingerprint density at radius 2 is 1.68 bits per heavy atom. The molecular weight excluding hydrogens is 350 g/mol. The van der Waals surface area contributed by atoms with E-state index in [9.17, 15) is 9.59 Å². The minimum Gasteiger partial charge on any atom is -0.336 e. The van der Waals surface area contributed by atoms with Crippen LogP contribution < -0.4 is 0 Å². The van der Waals surface area contributed by atoms with Crippen molar-refractivity contribution < 1.29 is 9.59 Å². The van der Waals surface area contributed by atoms with Crippen molar-refractivity contribution in [1.82, 2.24) is 14.8 Å². The van der Waals surface area contributed by atoms with E-state index in [2.05, 4.69) is 22.0 Å². The van der Waals surface area contributed by atoms with Crippen molar-refractivity contribution in [2.24, 2.45) is 0 Å². The van der Waals surface area contributed by atoms with E-state index in [1.165, 1.54) is 5.56 Å². The van der Waals surface area contributed by atoms with Gasteiger partial charge in [0.2, 0.25) is 5.91 Å². The number of amides is 2. The number of hydrogen-bond donors (Lipinski definition) is 0. The molecule has 3 heterocycles. The Labute approximate surface area is 166 Å². The van der Waals surface area contributed by atoms with Gasteiger partial charge in [0.15, 0.2) is 0 Å². The molecule has 2 fully saturated rings. The summed E-state index contributed by atoms with van der Waals surface area (Å²) in [6.07, 6.45) is 8.56. The van der Waals surface area contributed by atoms with E-state index >= 15 is 0 Å². The second-order valence-electron chi connectivity index (χ2n) is 7.93. The molecule has 0 N–H and O–H groups in total. The average Bonchev–Trinajstić information content (AvgIpc) is 3.15. The van der Waals surface area contributed by atoms with Crippen molar-refractivity contribution in [3.8, 4) is 0 Å². The van der Waals surface area contributed by atoms with E-state index in [0.29, 0.717) is 18.5 Å². The van der Waals surface area contributed by atoms with Gasteiger partial charge >= 0.3 is 0 Å². The molecule has 1 aromatic carbocycles. The van der Waals surface area contributed by atoms with Crippen molar-refractivity contribution in [3.63, 3.8) is 0 Å². The number of rotatable bonds is 4. The van der Waals surface area contributed by atoms with Gasteiger partial charge in [-0.2, -0.15) is 0 Å². The summed E-state index contributed by atoms with van der Waals surface area (Å²) in [5, 5.41) is 0. The van der Waals surface area contributed by atoms with Gasteiger partial charge < -0.3 is 9.80 Å². The van der Waals surface area contributed by atoms with Crippen LogP contribution in [-0.2, 0) is 11.2 Å². The van der Waals surface area contributed by atoms with E-state index < -0.39 is 0 Å². The van der Waals surface area contributed by atoms with E-state index in [1.54, 1.807) is 24.5 Å². The molecule has 5 nitrogen and oxygen atoms in total. The minimum atomic E-state index is -0.186. The Morgan fingerprint density at radius 3 is 2.43 bits per heavy atom. The lowest BCUT2D eigenvalue weighted by atomic mass is 9.85. The summed E-state index contributed by atoms with van der Waals surface area (Å²) in [5.74, 6) is 0.268. The van der Waals surface area contributed by atoms with Crippen LogP contribution in [0.15, 0.2) is 54.9 Å². The van der Waals surface area contributed by atoms with Crippen LogP contribution in [0.4, 0.5) is 0 Å². The molecule has 0 bridgehead atoms. The zero-order chi connectivity index (χ0) is 19.4. The maximum Gasteiger partial charge on any atom is 0.254 e. The molecule has 2 aliphatic heterocycles. The molecule has 0 radical (unpaired) electrons. The van der Waals surface area contributed by atoms with Crippen molar-refractivity contribution in [2.45, 2.75) is 44.1 Å². The lowest BCUT2D eigenvalue weighted by Crippen LogP contribution is -2.58. The van der Waals surface area contributed by atoms with E-state index in [4.69, 9.17) is 0 Å². The quantitative estimate of drug-likeness (QED) is 0.821. The van der Waals surface area contributed by atoms with Gasteiger partial charge in [0.25, 0.3) is 5.91 Å². The standard InChI is InChI=1S/C23H27N3O2/c27-21(9-8-19-6-2-1-3-7-19)26-17-5-13-23(26)12-4-16-25(18-23)22(28)20-10-14-24-15-11-20/h1-3,6-7,10-11,14-15H,4-5,8-9,12-13,16-18H2. The minimum absolute atomic E-state index is 0.0464. The summed E-state index contributed by atoms with van der Waals surface area (Å²) in [6.45, 7) is 2.21. The second kappa shape index (κ2) is 8.13. The maximum atomic E-state index is 13.1. The third-order valence-electron chi connectivity index (χ3n) is 6.14. The summed E-state index contributed by atoms with van der Waals surface area (Å²) >= 11 is 0. The summed E-state index contributed by atoms with van der Waals surface area (Å²) in [6, 6.07) is 13.7. The van der Waals surface area contributed by atoms with Gasteiger partial charge in [0, 0.05) is 44.0 Å². The molecule has 1 unspecified atom stereocenters. The number of carbonyl (C=O) groups excluding carboxylic acids is 2. The molecule has 2 aliphatic rings. The first-order valence-electron chi connectivity index (χ1n) is 10.2. The molecule has 1 spiro atoms. The van der Waals surface area contributed by atoms with Gasteiger partial charge in [-0.15, -0.1) is 0 Å². The van der Waals surface area contributed by atoms with Gasteiger partial charge in [0.05, 0.1) is 5.54 Å². The number of pyridine rings is 1. The molecule has 4 rings (SSSR count). The largest absolute Gasteiger partial charge is 0.336 e. The molecule has 146 valence electrons. The fourth-order valence-corrected chi connectivity index (χ4v) is 4.75. The number of likely N-dealkylation sites (tertiary alicyclic amines) is 2. The van der Waals surface area contributed by atoms with Crippen LogP contribution in [0.25, 0.3) is 0 Å². The summed E-state index contributed by atoms with van der Waals surface area (Å²) in [4.78, 5) is 34.0. The SMILES string of the molecule is O=C(c1ccncc1)N1CCCC2(CCCN2C(=O)CCc2ccccc2)C1. The number of benzene rings is 1. The molecule has 2 aromatic rings. The molecule has 0 saturated carbocycles. The van der Waals surface area contributed by atoms with Gasteiger partial charge in [-0.1, -0.05) is 30.3 Å². The van der Waals surface area contributed by atoms with E-state index in [-0.39, 0.29) is 17.4 Å². The fraction of sp³-hybridized carbons (Fsp3) is 0.435. The predicted octanol–water partition coefficient (Wildman–Crippen LogP) is 3.31. The fourth-order valence-electron chi connectivity index (χ4n) is 4.75. The average molecular weight is 377 g/mol. The Hall–Kier alpha value is -2.69. The predicted molar refractivity (Wildman–Crippen MR) is 108 cm³/mol. The normalized spacial score (nSPS) is 21.9. The summed E-state index contributed by atoms with van der Waals surface area (Å²) < 4.78 is 0. The molecule has 1 atom stereocenters. The highest BCUT2D eigenvalue weighted by Gasteiger charge is 2.46. The highest BCUT2D eigenvalue weighted by Crippen LogP contribution is 2.38. The molecule has 1 aromatic heterocycles. The zero-order valence-corrected chi connectivity index (χ0v) is 16.2. The number of hydrogen-bond acceptors (Lipinski definition) is 3. The molecule has 2 saturated heterocycles. The number of aromatic nitrogens is 1. The lowest BCUT2D eigenvalue weighted by Gasteiger charge is -2.46. The van der Waals surface area contributed by atoms with Crippen LogP contribution in [0, 0.1) is 0 Å². The Morgan fingerprint density at radius 1 is 0.964 bits per heavy atom. The van der Waals surface area contributed by atoms with E-state index in [0.717, 1.165) is 45.2 Å². The third kappa shape index (κ3) is 3.79. The van der Waals surface area contributed by atoms with Gasteiger partial charge in [0.1, 0.15) is 0 Å². The van der Waals surface area contributed by atoms with Gasteiger partial charge in [-0.3, -0.25) is 14.6 Å². The Balaban J connectivity index is 1.45. The van der Waals surface area contributed by atoms with Crippen LogP contribution in [0.1, 0.15) is 48.0 Å². The number of aryl methyl sites for hydroxylation is 1. The zero-order valence-electron chi connectivity index (χ0n) is 16.2. The van der Waals surface area contributed by atoms with Crippen LogP contribution in [-0.4, -0.2) is 51.8 Å². The van der Waals surface area contributed by atoms with E-state index in [1.807, 2.05) is 23.1 Å². The van der Waals surface area contributed by atoms with Crippen molar-refractivity contribution in [3.05, 3.63) is 66.0 Å². The smallest absolute Gasteiger partial charge is 0.254 e. The topological polar surface area (TPSA) is 53.5 Å². The first-order valence-corrected chi connectivity index (χ1v) is 10.2. The van der Waals surface area contributed by atoms with Crippen molar-refractivity contribution in [2.75, 3.05) is 19.6 Å². The molecule has 0 aliphatic carbocycles. The number of nitrogens with zero attached hydrogens (tertiary/aromatic N) is 3. The summed E-state index contributed by atoms with van der Waals surface area (Å²) in [7, 11) is 0. The van der Waals surface area contributed by atoms with Crippen molar-refractivity contribution >= 4 is 11.8 Å². The maximum absolute atomic E-state index is 13.1. The van der Waals surface area contributed by atoms with Crippen LogP contribution >= 0.6 is 0 Å². The monoisotopic (exact) mass is 377 g/mol. The Bertz CT molecular complexity index is 824. The first-order chi connectivity index (χ1) is 13.7. The third-order valence-corrected chi connectivity index (χ3v) is 6.14. The van der Waals surface area contributed by atoms with Gasteiger partial charge in [-0.25, -0.2) is 0 Å². The van der Waals surface area contributed by atoms with Crippen LogP contribution in [0.3, 0.4) is 0 Å². The van der Waals surface area contributed by atoms with Crippen molar-refractivity contribution in [1.29, 1.82) is 0 Å². The van der Waals surface area contributed by atoms with Crippen LogP contribution in [0.5, 0.6) is 0 Å². The van der Waals surface area contributed by atoms with Crippen LogP contribution in [0.2, 0.25) is 0 Å². The molecular formula is C23H27N3O2. The number of carbonyl (C=O) groups is 2. The molecule has 28 heavy (non-hydrogen) atoms. The molecule has 5 heteroatoms. The highest BCUT2D eigenvalue weighted by molar-refractivity contribution is 5.94. The number of piperidine rings is 1. The van der Waals surface area contributed by atoms with Gasteiger partial charge in [-0.05, 0) is 49.8 Å². The summed E-state index contributed by atoms with van der Waals surface area (Å²) in [5.41, 5.74) is 1.68.